The summed E-state index contributed by atoms with van der Waals surface area (Å²) in [4.78, 5) is 16.1. The molecule has 1 aliphatic rings. The number of benzene rings is 1. The zero-order chi connectivity index (χ0) is 14.4. The molecule has 0 radical (unpaired) electrons. The second-order valence-electron chi connectivity index (χ2n) is 5.50. The van der Waals surface area contributed by atoms with Crippen LogP contribution in [0.25, 0.3) is 0 Å². The van der Waals surface area contributed by atoms with Gasteiger partial charge in [-0.15, -0.1) is 0 Å². The molecule has 0 N–H and O–H groups in total. The molecule has 1 aromatic rings. The molecule has 0 unspecified atom stereocenters. The van der Waals surface area contributed by atoms with Gasteiger partial charge in [-0.05, 0) is 11.5 Å². The highest BCUT2D eigenvalue weighted by atomic mass is 16.2. The number of hydrogen-bond acceptors (Lipinski definition) is 3. The Kier molecular flexibility index (Phi) is 5.14. The van der Waals surface area contributed by atoms with E-state index in [-0.39, 0.29) is 12.3 Å². The number of rotatable bonds is 3. The normalized spacial score (nSPS) is 20.2. The van der Waals surface area contributed by atoms with Crippen LogP contribution in [0.4, 0.5) is 0 Å². The van der Waals surface area contributed by atoms with Gasteiger partial charge >= 0.3 is 0 Å². The largest absolute Gasteiger partial charge is 0.340 e. The molecule has 0 aromatic heterocycles. The van der Waals surface area contributed by atoms with Crippen molar-refractivity contribution in [3.8, 4) is 6.07 Å². The van der Waals surface area contributed by atoms with E-state index in [2.05, 4.69) is 36.1 Å². The molecule has 1 heterocycles. The first-order chi connectivity index (χ1) is 9.69. The molecule has 1 fully saturated rings. The molecule has 0 bridgehead atoms. The van der Waals surface area contributed by atoms with E-state index in [4.69, 9.17) is 5.26 Å². The quantitative estimate of drug-likeness (QED) is 0.843. The highest BCUT2D eigenvalue weighted by Crippen LogP contribution is 2.13. The van der Waals surface area contributed by atoms with Crippen LogP contribution in [0.5, 0.6) is 0 Å². The molecule has 1 aromatic carbocycles. The summed E-state index contributed by atoms with van der Waals surface area (Å²) in [6.45, 7) is 6.42. The molecule has 1 saturated heterocycles. The Balaban J connectivity index is 1.95. The summed E-state index contributed by atoms with van der Waals surface area (Å²) in [6, 6.07) is 12.3. The van der Waals surface area contributed by atoms with Crippen LogP contribution in [0.15, 0.2) is 30.3 Å². The smallest absolute Gasteiger partial charge is 0.236 e. The van der Waals surface area contributed by atoms with Crippen molar-refractivity contribution < 1.29 is 4.79 Å². The van der Waals surface area contributed by atoms with Gasteiger partial charge in [0.05, 0.1) is 6.07 Å². The first kappa shape index (κ1) is 14.5. The number of nitrogens with zero attached hydrogens (tertiary/aromatic N) is 3. The fourth-order valence-corrected chi connectivity index (χ4v) is 2.71. The predicted molar refractivity (Wildman–Crippen MR) is 77.7 cm³/mol. The van der Waals surface area contributed by atoms with Crippen molar-refractivity contribution in [2.24, 2.45) is 5.92 Å². The van der Waals surface area contributed by atoms with Crippen LogP contribution in [-0.2, 0) is 11.3 Å². The van der Waals surface area contributed by atoms with Gasteiger partial charge in [-0.1, -0.05) is 37.3 Å². The molecule has 1 atom stereocenters. The van der Waals surface area contributed by atoms with Crippen LogP contribution >= 0.6 is 0 Å². The Bertz CT molecular complexity index is 480. The Morgan fingerprint density at radius 3 is 2.75 bits per heavy atom. The van der Waals surface area contributed by atoms with E-state index in [0.29, 0.717) is 5.92 Å². The van der Waals surface area contributed by atoms with Gasteiger partial charge in [0.25, 0.3) is 0 Å². The van der Waals surface area contributed by atoms with E-state index in [9.17, 15) is 4.79 Å². The third-order valence-electron chi connectivity index (χ3n) is 3.62. The Hall–Kier alpha value is -1.86. The van der Waals surface area contributed by atoms with Crippen LogP contribution in [-0.4, -0.2) is 41.9 Å². The Labute approximate surface area is 120 Å². The average molecular weight is 271 g/mol. The van der Waals surface area contributed by atoms with Gasteiger partial charge in [0.2, 0.25) is 5.91 Å². The summed E-state index contributed by atoms with van der Waals surface area (Å²) in [5, 5.41) is 8.64. The molecule has 0 saturated carbocycles. The van der Waals surface area contributed by atoms with Crippen LogP contribution in [0.1, 0.15) is 18.9 Å². The molecule has 106 valence electrons. The van der Waals surface area contributed by atoms with E-state index in [0.717, 1.165) is 32.7 Å². The molecule has 0 aliphatic carbocycles. The van der Waals surface area contributed by atoms with E-state index < -0.39 is 0 Å². The lowest BCUT2D eigenvalue weighted by atomic mass is 10.1. The minimum atomic E-state index is -0.0408. The van der Waals surface area contributed by atoms with Crippen molar-refractivity contribution in [2.45, 2.75) is 19.9 Å². The second kappa shape index (κ2) is 7.06. The molecule has 4 heteroatoms. The first-order valence-electron chi connectivity index (χ1n) is 7.10. The lowest BCUT2D eigenvalue weighted by Gasteiger charge is -2.21. The summed E-state index contributed by atoms with van der Waals surface area (Å²) in [7, 11) is 0. The molecular weight excluding hydrogens is 250 g/mol. The van der Waals surface area contributed by atoms with Crippen molar-refractivity contribution >= 4 is 5.91 Å². The van der Waals surface area contributed by atoms with E-state index in [1.165, 1.54) is 5.56 Å². The number of carbonyl (C=O) groups is 1. The van der Waals surface area contributed by atoms with Crippen molar-refractivity contribution in [3.05, 3.63) is 35.9 Å². The average Bonchev–Trinajstić information content (AvgIpc) is 2.62. The lowest BCUT2D eigenvalue weighted by molar-refractivity contribution is -0.130. The zero-order valence-corrected chi connectivity index (χ0v) is 12.0. The second-order valence-corrected chi connectivity index (χ2v) is 5.50. The van der Waals surface area contributed by atoms with Crippen LogP contribution in [0.3, 0.4) is 0 Å². The maximum Gasteiger partial charge on any atom is 0.236 e. The highest BCUT2D eigenvalue weighted by molar-refractivity contribution is 5.78. The van der Waals surface area contributed by atoms with Gasteiger partial charge in [-0.2, -0.15) is 5.26 Å². The van der Waals surface area contributed by atoms with Crippen molar-refractivity contribution in [3.63, 3.8) is 0 Å². The summed E-state index contributed by atoms with van der Waals surface area (Å²) < 4.78 is 0. The Morgan fingerprint density at radius 2 is 2.05 bits per heavy atom. The van der Waals surface area contributed by atoms with Gasteiger partial charge in [0.1, 0.15) is 6.42 Å². The van der Waals surface area contributed by atoms with Gasteiger partial charge in [-0.3, -0.25) is 9.69 Å². The summed E-state index contributed by atoms with van der Waals surface area (Å²) in [6.07, 6.45) is -0.00853. The maximum absolute atomic E-state index is 11.8. The Morgan fingerprint density at radius 1 is 1.30 bits per heavy atom. The number of hydrogen-bond donors (Lipinski definition) is 0. The van der Waals surface area contributed by atoms with Crippen LogP contribution in [0.2, 0.25) is 0 Å². The number of amides is 1. The van der Waals surface area contributed by atoms with Crippen molar-refractivity contribution in [1.29, 1.82) is 5.26 Å². The fraction of sp³-hybridized carbons (Fsp3) is 0.500. The highest BCUT2D eigenvalue weighted by Gasteiger charge is 2.22. The van der Waals surface area contributed by atoms with Crippen molar-refractivity contribution in [1.82, 2.24) is 9.80 Å². The summed E-state index contributed by atoms with van der Waals surface area (Å²) in [5.41, 5.74) is 1.30. The molecular formula is C16H21N3O. The van der Waals surface area contributed by atoms with Gasteiger partial charge in [0, 0.05) is 32.7 Å². The predicted octanol–water partition coefficient (Wildman–Crippen LogP) is 1.88. The van der Waals surface area contributed by atoms with Crippen molar-refractivity contribution in [2.75, 3.05) is 26.2 Å². The minimum absolute atomic E-state index is 0.00853. The number of nitriles is 1. The third-order valence-corrected chi connectivity index (χ3v) is 3.62. The molecule has 2 rings (SSSR count). The van der Waals surface area contributed by atoms with Gasteiger partial charge in [-0.25, -0.2) is 0 Å². The lowest BCUT2D eigenvalue weighted by Crippen LogP contribution is -2.35. The fourth-order valence-electron chi connectivity index (χ4n) is 2.71. The molecule has 4 nitrogen and oxygen atoms in total. The van der Waals surface area contributed by atoms with Gasteiger partial charge in [0.15, 0.2) is 0 Å². The van der Waals surface area contributed by atoms with Crippen LogP contribution in [0, 0.1) is 17.2 Å². The van der Waals surface area contributed by atoms with Crippen LogP contribution < -0.4 is 0 Å². The summed E-state index contributed by atoms with van der Waals surface area (Å²) >= 11 is 0. The van der Waals surface area contributed by atoms with Gasteiger partial charge < -0.3 is 4.90 Å². The minimum Gasteiger partial charge on any atom is -0.340 e. The first-order valence-corrected chi connectivity index (χ1v) is 7.10. The van der Waals surface area contributed by atoms with E-state index in [1.54, 1.807) is 0 Å². The third kappa shape index (κ3) is 4.07. The molecule has 1 aliphatic heterocycles. The molecule has 0 spiro atoms. The van der Waals surface area contributed by atoms with E-state index in [1.807, 2.05) is 17.0 Å². The topological polar surface area (TPSA) is 47.3 Å². The molecule has 1 amide bonds. The molecule has 20 heavy (non-hydrogen) atoms. The zero-order valence-electron chi connectivity index (χ0n) is 12.0. The summed E-state index contributed by atoms with van der Waals surface area (Å²) in [5.74, 6) is 0.393. The monoisotopic (exact) mass is 271 g/mol. The maximum atomic E-state index is 11.8. The SMILES string of the molecule is C[C@H]1CN(Cc2ccccc2)CCN(C(=O)CC#N)C1. The number of carbonyl (C=O) groups excluding carboxylic acids is 1. The standard InChI is InChI=1S/C16H21N3O/c1-14-11-18(13-15-5-3-2-4-6-15)9-10-19(12-14)16(20)7-8-17/h2-6,14H,7,9-13H2,1H3/t14-/m0/s1. The van der Waals surface area contributed by atoms with E-state index >= 15 is 0 Å².